The fourth-order valence-electron chi connectivity index (χ4n) is 3.78. The molecule has 1 N–H and O–H groups in total. The number of aromatic nitrogens is 2. The van der Waals surface area contributed by atoms with E-state index in [4.69, 9.17) is 4.74 Å². The molecule has 1 unspecified atom stereocenters. The minimum atomic E-state index is -4.56. The number of nitrogens with one attached hydrogen (secondary N) is 1. The predicted octanol–water partition coefficient (Wildman–Crippen LogP) is 3.93. The second-order valence-corrected chi connectivity index (χ2v) is 7.88. The number of imidazole rings is 1. The van der Waals surface area contributed by atoms with Gasteiger partial charge in [-0.25, -0.2) is 4.98 Å². The Morgan fingerprint density at radius 2 is 1.91 bits per heavy atom. The minimum Gasteiger partial charge on any atom is -0.470 e. The zero-order valence-corrected chi connectivity index (χ0v) is 17.7. The first kappa shape index (κ1) is 22.6. The fourth-order valence-corrected chi connectivity index (χ4v) is 3.78. The van der Waals surface area contributed by atoms with Crippen LogP contribution in [0, 0.1) is 0 Å². The van der Waals surface area contributed by atoms with Gasteiger partial charge in [0.2, 0.25) is 5.91 Å². The third-order valence-electron chi connectivity index (χ3n) is 5.41. The van der Waals surface area contributed by atoms with E-state index in [1.54, 1.807) is 30.5 Å². The Hall–Kier alpha value is -3.56. The smallest absolute Gasteiger partial charge is 0.397 e. The molecule has 174 valence electrons. The third kappa shape index (κ3) is 5.82. The molecule has 1 fully saturated rings. The van der Waals surface area contributed by atoms with Gasteiger partial charge in [-0.05, 0) is 48.7 Å². The van der Waals surface area contributed by atoms with E-state index in [-0.39, 0.29) is 12.5 Å². The number of fused-ring (bicyclic) bond motifs is 1. The van der Waals surface area contributed by atoms with Crippen molar-refractivity contribution in [3.8, 4) is 5.75 Å². The van der Waals surface area contributed by atoms with Crippen LogP contribution in [0.1, 0.15) is 41.6 Å². The number of hydrogen-bond donors (Lipinski definition) is 1. The molecular weight excluding hydrogens is 437 g/mol. The Morgan fingerprint density at radius 1 is 1.12 bits per heavy atom. The van der Waals surface area contributed by atoms with E-state index in [1.165, 1.54) is 0 Å². The maximum absolute atomic E-state index is 12.6. The molecule has 4 rings (SSSR count). The van der Waals surface area contributed by atoms with E-state index >= 15 is 0 Å². The summed E-state index contributed by atoms with van der Waals surface area (Å²) in [6, 6.07) is 10.1. The first-order valence-corrected chi connectivity index (χ1v) is 10.6. The number of carbonyl (C=O) groups excluding carboxylic acids is 2. The van der Waals surface area contributed by atoms with Gasteiger partial charge in [0.1, 0.15) is 17.8 Å². The van der Waals surface area contributed by atoms with Gasteiger partial charge in [0, 0.05) is 43.7 Å². The van der Waals surface area contributed by atoms with E-state index in [0.717, 1.165) is 22.5 Å². The zero-order valence-electron chi connectivity index (χ0n) is 17.7. The lowest BCUT2D eigenvalue weighted by molar-refractivity contribution is -0.168. The second-order valence-electron chi connectivity index (χ2n) is 7.88. The highest BCUT2D eigenvalue weighted by molar-refractivity contribution is 5.94. The summed E-state index contributed by atoms with van der Waals surface area (Å²) in [6.07, 6.45) is 0.429. The van der Waals surface area contributed by atoms with Crippen LogP contribution in [0.3, 0.4) is 0 Å². The Balaban J connectivity index is 1.34. The molecule has 0 radical (unpaired) electrons. The Morgan fingerprint density at radius 3 is 2.67 bits per heavy atom. The van der Waals surface area contributed by atoms with Gasteiger partial charge < -0.3 is 19.4 Å². The molecule has 3 heterocycles. The van der Waals surface area contributed by atoms with Crippen LogP contribution in [-0.4, -0.2) is 45.0 Å². The van der Waals surface area contributed by atoms with E-state index in [1.807, 2.05) is 28.9 Å². The summed E-state index contributed by atoms with van der Waals surface area (Å²) in [6.45, 7) is 0.564. The Labute approximate surface area is 188 Å². The second kappa shape index (κ2) is 9.51. The molecule has 3 aromatic rings. The lowest BCUT2D eigenvalue weighted by Crippen LogP contribution is -2.47. The van der Waals surface area contributed by atoms with Crippen LogP contribution in [0.2, 0.25) is 0 Å². The lowest BCUT2D eigenvalue weighted by atomic mass is 10.1. The van der Waals surface area contributed by atoms with Crippen molar-refractivity contribution >= 4 is 17.5 Å². The monoisotopic (exact) mass is 460 g/mol. The van der Waals surface area contributed by atoms with Gasteiger partial charge in [-0.15, -0.1) is 0 Å². The van der Waals surface area contributed by atoms with Crippen LogP contribution in [0.25, 0.3) is 5.65 Å². The van der Waals surface area contributed by atoms with Crippen molar-refractivity contribution in [1.82, 2.24) is 19.6 Å². The van der Waals surface area contributed by atoms with Gasteiger partial charge in [-0.1, -0.05) is 6.07 Å². The van der Waals surface area contributed by atoms with Crippen LogP contribution < -0.4 is 10.1 Å². The molecule has 7 nitrogen and oxygen atoms in total. The highest BCUT2D eigenvalue weighted by Gasteiger charge is 2.37. The Kier molecular flexibility index (Phi) is 6.52. The van der Waals surface area contributed by atoms with E-state index in [0.29, 0.717) is 30.7 Å². The van der Waals surface area contributed by atoms with Gasteiger partial charge in [-0.2, -0.15) is 13.2 Å². The van der Waals surface area contributed by atoms with E-state index < -0.39 is 24.7 Å². The molecule has 1 saturated heterocycles. The SMILES string of the molecule is O=C(NCc1ccc2nccn2c1)c1ccc(OC2CCCCN2C(=O)CC(F)(F)F)cc1. The molecule has 0 spiro atoms. The number of benzene rings is 1. The average Bonchev–Trinajstić information content (AvgIpc) is 3.25. The maximum atomic E-state index is 12.6. The lowest BCUT2D eigenvalue weighted by Gasteiger charge is -2.35. The van der Waals surface area contributed by atoms with Crippen LogP contribution in [0.15, 0.2) is 55.0 Å². The first-order chi connectivity index (χ1) is 15.8. The van der Waals surface area contributed by atoms with E-state index in [2.05, 4.69) is 10.3 Å². The molecule has 1 aromatic carbocycles. The summed E-state index contributed by atoms with van der Waals surface area (Å²) in [5, 5.41) is 2.84. The summed E-state index contributed by atoms with van der Waals surface area (Å²) in [7, 11) is 0. The standard InChI is InChI=1S/C23H23F3N4O3/c24-23(25,26)13-20(31)30-11-2-1-3-21(30)33-18-7-5-17(6-8-18)22(32)28-14-16-4-9-19-27-10-12-29(19)15-16/h4-10,12,15,21H,1-3,11,13-14H2,(H,28,32). The van der Waals surface area contributed by atoms with Crippen LogP contribution >= 0.6 is 0 Å². The van der Waals surface area contributed by atoms with Crippen molar-refractivity contribution in [3.05, 3.63) is 66.1 Å². The number of carbonyl (C=O) groups is 2. The topological polar surface area (TPSA) is 75.9 Å². The number of rotatable bonds is 6. The molecule has 2 amide bonds. The van der Waals surface area contributed by atoms with Crippen molar-refractivity contribution in [2.75, 3.05) is 6.54 Å². The fraction of sp³-hybridized carbons (Fsp3) is 0.348. The molecule has 10 heteroatoms. The summed E-state index contributed by atoms with van der Waals surface area (Å²) in [4.78, 5) is 29.9. The number of alkyl halides is 3. The van der Waals surface area contributed by atoms with Gasteiger partial charge in [0.15, 0.2) is 6.23 Å². The average molecular weight is 460 g/mol. The number of likely N-dealkylation sites (tertiary alicyclic amines) is 1. The van der Waals surface area contributed by atoms with E-state index in [9.17, 15) is 22.8 Å². The predicted molar refractivity (Wildman–Crippen MR) is 113 cm³/mol. The van der Waals surface area contributed by atoms with Crippen LogP contribution in [0.5, 0.6) is 5.75 Å². The highest BCUT2D eigenvalue weighted by Crippen LogP contribution is 2.26. The summed E-state index contributed by atoms with van der Waals surface area (Å²) >= 11 is 0. The molecule has 0 aliphatic carbocycles. The molecule has 2 aromatic heterocycles. The molecule has 0 saturated carbocycles. The largest absolute Gasteiger partial charge is 0.470 e. The number of halogens is 3. The van der Waals surface area contributed by atoms with Gasteiger partial charge in [-0.3, -0.25) is 9.59 Å². The maximum Gasteiger partial charge on any atom is 0.397 e. The molecule has 0 bridgehead atoms. The van der Waals surface area contributed by atoms with Crippen molar-refractivity contribution in [1.29, 1.82) is 0 Å². The van der Waals surface area contributed by atoms with Crippen molar-refractivity contribution in [2.24, 2.45) is 0 Å². The van der Waals surface area contributed by atoms with Gasteiger partial charge in [0.05, 0.1) is 0 Å². The van der Waals surface area contributed by atoms with Crippen molar-refractivity contribution in [2.45, 2.75) is 44.6 Å². The molecule has 1 aliphatic rings. The van der Waals surface area contributed by atoms with Gasteiger partial charge >= 0.3 is 6.18 Å². The normalized spacial score (nSPS) is 16.6. The van der Waals surface area contributed by atoms with Crippen molar-refractivity contribution in [3.63, 3.8) is 0 Å². The van der Waals surface area contributed by atoms with Gasteiger partial charge in [0.25, 0.3) is 5.91 Å². The number of piperidine rings is 1. The molecule has 1 atom stereocenters. The Bertz CT molecular complexity index is 1130. The molecular formula is C23H23F3N4O3. The number of ether oxygens (including phenoxy) is 1. The van der Waals surface area contributed by atoms with Crippen LogP contribution in [0.4, 0.5) is 13.2 Å². The minimum absolute atomic E-state index is 0.227. The number of amides is 2. The van der Waals surface area contributed by atoms with Crippen LogP contribution in [-0.2, 0) is 11.3 Å². The first-order valence-electron chi connectivity index (χ1n) is 10.6. The third-order valence-corrected chi connectivity index (χ3v) is 5.41. The summed E-state index contributed by atoms with van der Waals surface area (Å²) in [5.41, 5.74) is 2.15. The number of hydrogen-bond acceptors (Lipinski definition) is 4. The summed E-state index contributed by atoms with van der Waals surface area (Å²) in [5.74, 6) is -0.877. The molecule has 1 aliphatic heterocycles. The quantitative estimate of drug-likeness (QED) is 0.605. The summed E-state index contributed by atoms with van der Waals surface area (Å²) < 4.78 is 45.6. The highest BCUT2D eigenvalue weighted by atomic mass is 19.4. The number of pyridine rings is 1. The van der Waals surface area contributed by atoms with Crippen molar-refractivity contribution < 1.29 is 27.5 Å². The molecule has 33 heavy (non-hydrogen) atoms. The zero-order chi connectivity index (χ0) is 23.4. The number of nitrogens with zero attached hydrogens (tertiary/aromatic N) is 3.